The highest BCUT2D eigenvalue weighted by atomic mass is 19.1. The van der Waals surface area contributed by atoms with E-state index in [-0.39, 0.29) is 13.0 Å². The molecule has 1 aliphatic heterocycles. The van der Waals surface area contributed by atoms with E-state index in [2.05, 4.69) is 17.1 Å². The molecule has 178 valence electrons. The highest BCUT2D eigenvalue weighted by molar-refractivity contribution is 5.90. The molecule has 1 aromatic heterocycles. The summed E-state index contributed by atoms with van der Waals surface area (Å²) in [6.45, 7) is 3.56. The van der Waals surface area contributed by atoms with E-state index in [9.17, 15) is 19.1 Å². The molecule has 0 saturated carbocycles. The number of hydrogen-bond acceptors (Lipinski definition) is 4. The van der Waals surface area contributed by atoms with Crippen LogP contribution in [0, 0.1) is 5.82 Å². The van der Waals surface area contributed by atoms with Crippen LogP contribution in [0.25, 0.3) is 17.0 Å². The number of aryl methyl sites for hydroxylation is 1. The van der Waals surface area contributed by atoms with E-state index >= 15 is 0 Å². The summed E-state index contributed by atoms with van der Waals surface area (Å²) in [7, 11) is 0. The highest BCUT2D eigenvalue weighted by Crippen LogP contribution is 2.32. The minimum absolute atomic E-state index is 0.132. The van der Waals surface area contributed by atoms with Crippen LogP contribution < -0.4 is 0 Å². The van der Waals surface area contributed by atoms with Gasteiger partial charge in [0.1, 0.15) is 11.9 Å². The molecular formula is C26H28FN3O4. The Morgan fingerprint density at radius 1 is 1.03 bits per heavy atom. The fraction of sp³-hybridized carbons (Fsp3) is 0.308. The van der Waals surface area contributed by atoms with Crippen molar-refractivity contribution < 1.29 is 24.2 Å². The van der Waals surface area contributed by atoms with Crippen molar-refractivity contribution in [1.82, 2.24) is 14.4 Å². The van der Waals surface area contributed by atoms with E-state index in [1.165, 1.54) is 12.1 Å². The summed E-state index contributed by atoms with van der Waals surface area (Å²) in [5.41, 5.74) is 2.21. The van der Waals surface area contributed by atoms with Crippen LogP contribution in [-0.2, 0) is 16.1 Å². The van der Waals surface area contributed by atoms with Crippen molar-refractivity contribution >= 4 is 28.9 Å². The van der Waals surface area contributed by atoms with Gasteiger partial charge in [-0.05, 0) is 23.8 Å². The molecule has 7 nitrogen and oxygen atoms in total. The van der Waals surface area contributed by atoms with Crippen LogP contribution in [0.15, 0.2) is 60.8 Å². The Balaban J connectivity index is 1.49. The Morgan fingerprint density at radius 3 is 2.44 bits per heavy atom. The smallest absolute Gasteiger partial charge is 0.325 e. The molecule has 2 heterocycles. The molecular weight excluding hydrogens is 437 g/mol. The van der Waals surface area contributed by atoms with Crippen LogP contribution >= 0.6 is 0 Å². The number of rotatable bonds is 9. The van der Waals surface area contributed by atoms with Gasteiger partial charge in [-0.2, -0.15) is 0 Å². The van der Waals surface area contributed by atoms with Gasteiger partial charge < -0.3 is 14.8 Å². The minimum atomic E-state index is -0.973. The van der Waals surface area contributed by atoms with Gasteiger partial charge >= 0.3 is 11.9 Å². The van der Waals surface area contributed by atoms with Crippen LogP contribution in [-0.4, -0.2) is 69.2 Å². The Morgan fingerprint density at radius 2 is 1.76 bits per heavy atom. The van der Waals surface area contributed by atoms with Gasteiger partial charge in [-0.15, -0.1) is 0 Å². The molecule has 1 saturated heterocycles. The largest absolute Gasteiger partial charge is 0.481 e. The maximum absolute atomic E-state index is 13.9. The molecule has 0 bridgehead atoms. The van der Waals surface area contributed by atoms with Crippen molar-refractivity contribution in [2.45, 2.75) is 19.0 Å². The zero-order valence-corrected chi connectivity index (χ0v) is 18.8. The zero-order chi connectivity index (χ0) is 24.1. The molecule has 0 spiro atoms. The molecule has 2 aromatic carbocycles. The predicted octanol–water partition coefficient (Wildman–Crippen LogP) is 3.71. The number of aromatic nitrogens is 1. The lowest BCUT2D eigenvalue weighted by Gasteiger charge is -2.37. The first-order valence-corrected chi connectivity index (χ1v) is 11.3. The summed E-state index contributed by atoms with van der Waals surface area (Å²) < 4.78 is 15.6. The van der Waals surface area contributed by atoms with Gasteiger partial charge in [0.05, 0.1) is 11.9 Å². The van der Waals surface area contributed by atoms with Crippen LogP contribution in [0.1, 0.15) is 23.6 Å². The standard InChI is InChI=1S/C26H28FN3O4/c27-20-8-9-21-22(18-30(23(21)17-20)12-10-24(31)32)25(26(33)34)29-15-13-28(14-16-29)11-4-7-19-5-2-1-3-6-19/h1-9,17-18,25H,10-16H2,(H,31,32)(H,33,34)/b7-4+/t25-/m1/s1. The van der Waals surface area contributed by atoms with Gasteiger partial charge in [0.15, 0.2) is 0 Å². The molecule has 1 aliphatic rings. The lowest BCUT2D eigenvalue weighted by atomic mass is 10.0. The Labute approximate surface area is 197 Å². The molecule has 1 fully saturated rings. The van der Waals surface area contributed by atoms with Crippen molar-refractivity contribution in [3.63, 3.8) is 0 Å². The SMILES string of the molecule is O=C(O)CCn1cc([C@H](C(=O)O)N2CCN(C/C=C/c3ccccc3)CC2)c2ccc(F)cc21. The van der Waals surface area contributed by atoms with Crippen molar-refractivity contribution in [2.75, 3.05) is 32.7 Å². The highest BCUT2D eigenvalue weighted by Gasteiger charge is 2.32. The number of piperazine rings is 1. The summed E-state index contributed by atoms with van der Waals surface area (Å²) in [5, 5.41) is 19.8. The number of carbonyl (C=O) groups is 2. The van der Waals surface area contributed by atoms with E-state index < -0.39 is 23.8 Å². The van der Waals surface area contributed by atoms with Gasteiger partial charge in [-0.25, -0.2) is 4.39 Å². The summed E-state index contributed by atoms with van der Waals surface area (Å²) in [6.07, 6.45) is 5.73. The number of benzene rings is 2. The number of aliphatic carboxylic acids is 2. The number of nitrogens with zero attached hydrogens (tertiary/aromatic N) is 3. The number of carboxylic acids is 2. The first-order valence-electron chi connectivity index (χ1n) is 11.3. The average molecular weight is 466 g/mol. The third kappa shape index (κ3) is 5.52. The molecule has 0 unspecified atom stereocenters. The summed E-state index contributed by atoms with van der Waals surface area (Å²) in [4.78, 5) is 27.6. The predicted molar refractivity (Wildman–Crippen MR) is 128 cm³/mol. The van der Waals surface area contributed by atoms with E-state index in [0.717, 1.165) is 25.2 Å². The quantitative estimate of drug-likeness (QED) is 0.501. The molecule has 34 heavy (non-hydrogen) atoms. The molecule has 1 atom stereocenters. The second kappa shape index (κ2) is 10.6. The third-order valence-electron chi connectivity index (χ3n) is 6.22. The van der Waals surface area contributed by atoms with Crippen molar-refractivity contribution in [1.29, 1.82) is 0 Å². The molecule has 8 heteroatoms. The monoisotopic (exact) mass is 465 g/mol. The molecule has 4 rings (SSSR count). The number of fused-ring (bicyclic) bond motifs is 1. The number of halogens is 1. The second-order valence-corrected chi connectivity index (χ2v) is 8.47. The van der Waals surface area contributed by atoms with E-state index in [1.807, 2.05) is 35.2 Å². The normalized spacial score (nSPS) is 16.3. The summed E-state index contributed by atoms with van der Waals surface area (Å²) >= 11 is 0. The van der Waals surface area contributed by atoms with Gasteiger partial charge in [-0.3, -0.25) is 19.4 Å². The second-order valence-electron chi connectivity index (χ2n) is 8.47. The Bertz CT molecular complexity index is 1180. The number of hydrogen-bond donors (Lipinski definition) is 2. The Hall–Kier alpha value is -3.49. The third-order valence-corrected chi connectivity index (χ3v) is 6.22. The van der Waals surface area contributed by atoms with Gasteiger partial charge in [-0.1, -0.05) is 42.5 Å². The van der Waals surface area contributed by atoms with Gasteiger partial charge in [0.2, 0.25) is 0 Å². The van der Waals surface area contributed by atoms with Crippen LogP contribution in [0.2, 0.25) is 0 Å². The fourth-order valence-electron chi connectivity index (χ4n) is 4.50. The molecule has 0 radical (unpaired) electrons. The lowest BCUT2D eigenvalue weighted by Crippen LogP contribution is -2.49. The fourth-order valence-corrected chi connectivity index (χ4v) is 4.50. The Kier molecular flexibility index (Phi) is 7.40. The summed E-state index contributed by atoms with van der Waals surface area (Å²) in [6, 6.07) is 13.4. The van der Waals surface area contributed by atoms with E-state index in [0.29, 0.717) is 29.6 Å². The first kappa shape index (κ1) is 23.7. The molecule has 0 amide bonds. The van der Waals surface area contributed by atoms with Crippen molar-refractivity contribution in [3.05, 3.63) is 77.7 Å². The maximum Gasteiger partial charge on any atom is 0.325 e. The van der Waals surface area contributed by atoms with Crippen LogP contribution in [0.3, 0.4) is 0 Å². The minimum Gasteiger partial charge on any atom is -0.481 e. The topological polar surface area (TPSA) is 86.0 Å². The number of carboxylic acid groups (broad SMARTS) is 2. The first-order chi connectivity index (χ1) is 16.4. The van der Waals surface area contributed by atoms with Crippen molar-refractivity contribution in [3.8, 4) is 0 Å². The summed E-state index contributed by atoms with van der Waals surface area (Å²) in [5.74, 6) is -2.39. The van der Waals surface area contributed by atoms with E-state index in [4.69, 9.17) is 5.11 Å². The van der Waals surface area contributed by atoms with Crippen molar-refractivity contribution in [2.24, 2.45) is 0 Å². The van der Waals surface area contributed by atoms with Crippen LogP contribution in [0.4, 0.5) is 4.39 Å². The zero-order valence-electron chi connectivity index (χ0n) is 18.8. The van der Waals surface area contributed by atoms with Gasteiger partial charge in [0, 0.05) is 56.4 Å². The van der Waals surface area contributed by atoms with E-state index in [1.54, 1.807) is 16.8 Å². The van der Waals surface area contributed by atoms with Crippen LogP contribution in [0.5, 0.6) is 0 Å². The molecule has 3 aromatic rings. The maximum atomic E-state index is 13.9. The lowest BCUT2D eigenvalue weighted by molar-refractivity contribution is -0.144. The van der Waals surface area contributed by atoms with Gasteiger partial charge in [0.25, 0.3) is 0 Å². The molecule has 0 aliphatic carbocycles. The average Bonchev–Trinajstić information content (AvgIpc) is 3.16. The molecule has 2 N–H and O–H groups in total.